The molecule has 1 aliphatic carbocycles. The Balaban J connectivity index is 1.33. The predicted octanol–water partition coefficient (Wildman–Crippen LogP) is 6.84. The number of rotatable bonds is 19. The maximum atomic E-state index is 14.4. The van der Waals surface area contributed by atoms with Crippen LogP contribution in [-0.4, -0.2) is 86.2 Å². The summed E-state index contributed by atoms with van der Waals surface area (Å²) < 4.78 is 22.6. The van der Waals surface area contributed by atoms with Gasteiger partial charge in [0, 0.05) is 36.6 Å². The summed E-state index contributed by atoms with van der Waals surface area (Å²) in [6.45, 7) is 7.87. The lowest BCUT2D eigenvalue weighted by molar-refractivity contribution is -0.163. The number of ether oxygens (including phenoxy) is 4. The van der Waals surface area contributed by atoms with Crippen LogP contribution in [0.15, 0.2) is 103 Å². The van der Waals surface area contributed by atoms with Crippen molar-refractivity contribution in [3.8, 4) is 11.1 Å². The Morgan fingerprint density at radius 1 is 0.719 bits per heavy atom. The van der Waals surface area contributed by atoms with Crippen LogP contribution >= 0.6 is 11.6 Å². The lowest BCUT2D eigenvalue weighted by Gasteiger charge is -2.34. The maximum absolute atomic E-state index is 14.4. The molecule has 0 aliphatic heterocycles. The average molecular weight is 799 g/mol. The quantitative estimate of drug-likeness (QED) is 0.0876. The highest BCUT2D eigenvalue weighted by atomic mass is 35.5. The van der Waals surface area contributed by atoms with Gasteiger partial charge in [-0.1, -0.05) is 103 Å². The van der Waals surface area contributed by atoms with Crippen LogP contribution in [0, 0.1) is 0 Å². The molecule has 4 aromatic rings. The van der Waals surface area contributed by atoms with E-state index in [4.69, 9.17) is 30.5 Å². The maximum Gasteiger partial charge on any atom is 0.408 e. The van der Waals surface area contributed by atoms with Crippen molar-refractivity contribution in [2.75, 3.05) is 32.9 Å². The second-order valence-corrected chi connectivity index (χ2v) is 14.2. The molecule has 57 heavy (non-hydrogen) atoms. The third kappa shape index (κ3) is 12.0. The van der Waals surface area contributed by atoms with Crippen molar-refractivity contribution in [2.24, 2.45) is 0 Å². The highest BCUT2D eigenvalue weighted by Gasteiger charge is 2.34. The SMILES string of the molecule is CCOC(CN(C(=O)C(Cc1cccc(Cl)c1)NC(=O)C(CNC(=O)OCC1c2ccccc2-c2ccccc21)NC(=O)OCc1ccccc1)C(C)C)OCC. The lowest BCUT2D eigenvalue weighted by atomic mass is 9.98. The van der Waals surface area contributed by atoms with Gasteiger partial charge in [-0.3, -0.25) is 9.59 Å². The Morgan fingerprint density at radius 3 is 1.95 bits per heavy atom. The molecule has 0 saturated carbocycles. The Labute approximate surface area is 339 Å². The first-order valence-corrected chi connectivity index (χ1v) is 19.6. The molecule has 302 valence electrons. The fourth-order valence-electron chi connectivity index (χ4n) is 6.76. The molecule has 13 heteroatoms. The van der Waals surface area contributed by atoms with E-state index in [-0.39, 0.29) is 44.7 Å². The van der Waals surface area contributed by atoms with Crippen molar-refractivity contribution in [2.45, 2.75) is 71.1 Å². The van der Waals surface area contributed by atoms with E-state index in [1.54, 1.807) is 41.3 Å². The van der Waals surface area contributed by atoms with Gasteiger partial charge in [-0.05, 0) is 73.2 Å². The fourth-order valence-corrected chi connectivity index (χ4v) is 6.98. The first-order chi connectivity index (χ1) is 27.6. The zero-order chi connectivity index (χ0) is 40.7. The summed E-state index contributed by atoms with van der Waals surface area (Å²) in [5.74, 6) is -1.32. The van der Waals surface area contributed by atoms with Gasteiger partial charge in [0.15, 0.2) is 6.29 Å². The van der Waals surface area contributed by atoms with Gasteiger partial charge >= 0.3 is 12.2 Å². The lowest BCUT2D eigenvalue weighted by Crippen LogP contribution is -2.59. The molecule has 0 bridgehead atoms. The number of halogens is 1. The number of nitrogens with zero attached hydrogens (tertiary/aromatic N) is 1. The van der Waals surface area contributed by atoms with Gasteiger partial charge in [-0.25, -0.2) is 9.59 Å². The second-order valence-electron chi connectivity index (χ2n) is 13.8. The number of hydrogen-bond acceptors (Lipinski definition) is 8. The molecule has 4 aromatic carbocycles. The standard InChI is InChI=1S/C44H51ClN4O8/c1-5-54-40(55-6-2)26-49(29(3)4)42(51)38(24-31-17-14-18-32(45)23-31)47-41(50)39(48-44(53)56-27-30-15-8-7-9-16-30)25-46-43(52)57-28-37-35-21-12-10-19-33(35)34-20-11-13-22-36(34)37/h7-23,29,37-40H,5-6,24-28H2,1-4H3,(H,46,52)(H,47,50)(H,48,53). The van der Waals surface area contributed by atoms with Gasteiger partial charge < -0.3 is 39.8 Å². The summed E-state index contributed by atoms with van der Waals surface area (Å²) in [5, 5.41) is 8.51. The van der Waals surface area contributed by atoms with Crippen LogP contribution in [0.25, 0.3) is 11.1 Å². The summed E-state index contributed by atoms with van der Waals surface area (Å²) in [6.07, 6.45) is -2.30. The molecule has 12 nitrogen and oxygen atoms in total. The molecule has 0 spiro atoms. The van der Waals surface area contributed by atoms with E-state index in [0.29, 0.717) is 23.8 Å². The van der Waals surface area contributed by atoms with Crippen molar-refractivity contribution in [1.82, 2.24) is 20.9 Å². The monoisotopic (exact) mass is 798 g/mol. The average Bonchev–Trinajstić information content (AvgIpc) is 3.53. The highest BCUT2D eigenvalue weighted by molar-refractivity contribution is 6.30. The minimum Gasteiger partial charge on any atom is -0.449 e. The number of benzene rings is 4. The molecule has 3 N–H and O–H groups in total. The number of nitrogens with one attached hydrogen (secondary N) is 3. The Kier molecular flexibility index (Phi) is 15.9. The summed E-state index contributed by atoms with van der Waals surface area (Å²) >= 11 is 6.31. The van der Waals surface area contributed by atoms with Crippen LogP contribution in [-0.2, 0) is 41.6 Å². The first kappa shape index (κ1) is 42.7. The topological polar surface area (TPSA) is 145 Å². The van der Waals surface area contributed by atoms with Crippen LogP contribution < -0.4 is 16.0 Å². The smallest absolute Gasteiger partial charge is 0.408 e. The molecular formula is C44H51ClN4O8. The Morgan fingerprint density at radius 2 is 1.33 bits per heavy atom. The fraction of sp³-hybridized carbons (Fsp3) is 0.364. The molecule has 0 heterocycles. The van der Waals surface area contributed by atoms with E-state index in [9.17, 15) is 19.2 Å². The second kappa shape index (κ2) is 21.2. The van der Waals surface area contributed by atoms with Crippen molar-refractivity contribution in [1.29, 1.82) is 0 Å². The number of carbonyl (C=O) groups excluding carboxylic acids is 4. The molecule has 5 rings (SSSR count). The Hall–Kier alpha value is -5.43. The molecule has 0 saturated heterocycles. The molecule has 4 amide bonds. The van der Waals surface area contributed by atoms with Crippen LogP contribution in [0.4, 0.5) is 9.59 Å². The van der Waals surface area contributed by atoms with Crippen LogP contribution in [0.3, 0.4) is 0 Å². The number of hydrogen-bond donors (Lipinski definition) is 3. The zero-order valence-electron chi connectivity index (χ0n) is 32.7. The number of alkyl carbamates (subject to hydrolysis) is 2. The van der Waals surface area contributed by atoms with Crippen molar-refractivity contribution in [3.63, 3.8) is 0 Å². The van der Waals surface area contributed by atoms with Gasteiger partial charge in [-0.2, -0.15) is 0 Å². The highest BCUT2D eigenvalue weighted by Crippen LogP contribution is 2.44. The van der Waals surface area contributed by atoms with Crippen molar-refractivity contribution in [3.05, 3.63) is 130 Å². The summed E-state index contributed by atoms with van der Waals surface area (Å²) in [4.78, 5) is 56.5. The van der Waals surface area contributed by atoms with Crippen molar-refractivity contribution < 1.29 is 38.1 Å². The number of amides is 4. The minimum atomic E-state index is -1.37. The van der Waals surface area contributed by atoms with E-state index in [0.717, 1.165) is 27.8 Å². The van der Waals surface area contributed by atoms with E-state index < -0.39 is 42.4 Å². The van der Waals surface area contributed by atoms with Gasteiger partial charge in [0.2, 0.25) is 11.8 Å². The third-order valence-corrected chi connectivity index (χ3v) is 9.75. The van der Waals surface area contributed by atoms with Crippen LogP contribution in [0.1, 0.15) is 55.9 Å². The number of fused-ring (bicyclic) bond motifs is 3. The predicted molar refractivity (Wildman–Crippen MR) is 218 cm³/mol. The minimum absolute atomic E-state index is 0.0506. The first-order valence-electron chi connectivity index (χ1n) is 19.2. The summed E-state index contributed by atoms with van der Waals surface area (Å²) in [6, 6.07) is 29.2. The van der Waals surface area contributed by atoms with E-state index in [1.165, 1.54) is 0 Å². The molecule has 0 aromatic heterocycles. The van der Waals surface area contributed by atoms with E-state index in [1.807, 2.05) is 94.4 Å². The summed E-state index contributed by atoms with van der Waals surface area (Å²) in [5.41, 5.74) is 5.70. The number of carbonyl (C=O) groups is 4. The van der Waals surface area contributed by atoms with Crippen LogP contribution in [0.2, 0.25) is 5.02 Å². The van der Waals surface area contributed by atoms with E-state index >= 15 is 0 Å². The molecule has 2 atom stereocenters. The Bertz CT molecular complexity index is 1910. The van der Waals surface area contributed by atoms with Gasteiger partial charge in [0.1, 0.15) is 25.3 Å². The molecule has 2 unspecified atom stereocenters. The molecule has 0 radical (unpaired) electrons. The zero-order valence-corrected chi connectivity index (χ0v) is 33.5. The molecule has 0 fully saturated rings. The van der Waals surface area contributed by atoms with Gasteiger partial charge in [-0.15, -0.1) is 0 Å². The van der Waals surface area contributed by atoms with Crippen molar-refractivity contribution >= 4 is 35.6 Å². The normalized spacial score (nSPS) is 13.0. The third-order valence-electron chi connectivity index (χ3n) is 9.52. The molecular weight excluding hydrogens is 748 g/mol. The van der Waals surface area contributed by atoms with Gasteiger partial charge in [0.05, 0.1) is 13.1 Å². The van der Waals surface area contributed by atoms with Crippen LogP contribution in [0.5, 0.6) is 0 Å². The largest absolute Gasteiger partial charge is 0.449 e. The summed E-state index contributed by atoms with van der Waals surface area (Å²) in [7, 11) is 0. The molecule has 1 aliphatic rings. The van der Waals surface area contributed by atoms with Gasteiger partial charge in [0.25, 0.3) is 0 Å². The van der Waals surface area contributed by atoms with E-state index in [2.05, 4.69) is 16.0 Å².